The van der Waals surface area contributed by atoms with Gasteiger partial charge in [0.1, 0.15) is 0 Å². The first kappa shape index (κ1) is 13.3. The lowest BCUT2D eigenvalue weighted by Crippen LogP contribution is -2.08. The van der Waals surface area contributed by atoms with Crippen molar-refractivity contribution >= 4 is 15.9 Å². The normalized spacial score (nSPS) is 10.3. The molecule has 0 atom stereocenters. The van der Waals surface area contributed by atoms with Crippen molar-refractivity contribution in [3.8, 4) is 11.5 Å². The van der Waals surface area contributed by atoms with Crippen LogP contribution in [0.2, 0.25) is 0 Å². The van der Waals surface area contributed by atoms with Crippen LogP contribution in [-0.4, -0.2) is 20.8 Å². The zero-order valence-electron chi connectivity index (χ0n) is 9.97. The molecule has 1 rings (SSSR count). The van der Waals surface area contributed by atoms with Crippen LogP contribution in [0.1, 0.15) is 18.1 Å². The van der Waals surface area contributed by atoms with Crippen molar-refractivity contribution in [3.63, 3.8) is 0 Å². The van der Waals surface area contributed by atoms with Crippen LogP contribution in [0.15, 0.2) is 10.5 Å². The molecule has 0 aromatic heterocycles. The van der Waals surface area contributed by atoms with E-state index in [2.05, 4.69) is 22.9 Å². The molecule has 3 nitrogen and oxygen atoms in total. The second-order valence-electron chi connectivity index (χ2n) is 3.44. The van der Waals surface area contributed by atoms with Crippen molar-refractivity contribution in [3.05, 3.63) is 21.7 Å². The number of hydrogen-bond acceptors (Lipinski definition) is 3. The molecule has 0 aliphatic rings. The average Bonchev–Trinajstić information content (AvgIpc) is 2.30. The molecule has 2 N–H and O–H groups in total. The minimum absolute atomic E-state index is 0.626. The van der Waals surface area contributed by atoms with Gasteiger partial charge in [-0.05, 0) is 31.0 Å². The maximum atomic E-state index is 5.62. The Morgan fingerprint density at radius 2 is 1.94 bits per heavy atom. The van der Waals surface area contributed by atoms with Crippen LogP contribution in [-0.2, 0) is 12.8 Å². The summed E-state index contributed by atoms with van der Waals surface area (Å²) in [6, 6.07) is 1.93. The highest BCUT2D eigenvalue weighted by molar-refractivity contribution is 9.10. The first-order valence-electron chi connectivity index (χ1n) is 5.31. The maximum Gasteiger partial charge on any atom is 0.164 e. The van der Waals surface area contributed by atoms with Gasteiger partial charge in [0.2, 0.25) is 0 Å². The summed E-state index contributed by atoms with van der Waals surface area (Å²) < 4.78 is 11.8. The van der Waals surface area contributed by atoms with Gasteiger partial charge in [-0.2, -0.15) is 0 Å². The van der Waals surface area contributed by atoms with Crippen LogP contribution in [0.25, 0.3) is 0 Å². The van der Waals surface area contributed by atoms with Crippen molar-refractivity contribution < 1.29 is 9.47 Å². The van der Waals surface area contributed by atoms with Gasteiger partial charge in [-0.25, -0.2) is 0 Å². The number of methoxy groups -OCH3 is 2. The summed E-state index contributed by atoms with van der Waals surface area (Å²) in [5.41, 5.74) is 8.00. The van der Waals surface area contributed by atoms with E-state index >= 15 is 0 Å². The van der Waals surface area contributed by atoms with Crippen LogP contribution >= 0.6 is 15.9 Å². The Kier molecular flexibility index (Phi) is 5.09. The van der Waals surface area contributed by atoms with E-state index in [0.717, 1.165) is 28.8 Å². The van der Waals surface area contributed by atoms with Crippen LogP contribution < -0.4 is 15.2 Å². The third kappa shape index (κ3) is 2.50. The van der Waals surface area contributed by atoms with Crippen LogP contribution in [0.5, 0.6) is 11.5 Å². The third-order valence-electron chi connectivity index (χ3n) is 2.58. The van der Waals surface area contributed by atoms with Crippen LogP contribution in [0.4, 0.5) is 0 Å². The fourth-order valence-electron chi connectivity index (χ4n) is 1.86. The Bertz CT molecular complexity index is 367. The predicted molar refractivity (Wildman–Crippen MR) is 69.4 cm³/mol. The lowest BCUT2D eigenvalue weighted by Gasteiger charge is -2.17. The molecular formula is C12H18BrNO2. The molecule has 0 aliphatic carbocycles. The zero-order valence-corrected chi connectivity index (χ0v) is 11.6. The molecule has 0 amide bonds. The molecule has 16 heavy (non-hydrogen) atoms. The Labute approximate surface area is 105 Å². The van der Waals surface area contributed by atoms with E-state index in [4.69, 9.17) is 15.2 Å². The minimum atomic E-state index is 0.626. The quantitative estimate of drug-likeness (QED) is 0.905. The van der Waals surface area contributed by atoms with Gasteiger partial charge in [-0.1, -0.05) is 22.9 Å². The lowest BCUT2D eigenvalue weighted by atomic mass is 10.0. The first-order chi connectivity index (χ1) is 7.69. The highest BCUT2D eigenvalue weighted by atomic mass is 79.9. The number of halogens is 1. The van der Waals surface area contributed by atoms with E-state index in [1.807, 2.05) is 6.07 Å². The molecule has 0 radical (unpaired) electrons. The first-order valence-corrected chi connectivity index (χ1v) is 6.11. The standard InChI is InChI=1S/C12H18BrNO2/c1-4-8-9(5-6-14)10(13)7-11(15-2)12(8)16-3/h7H,4-6,14H2,1-3H3. The molecule has 0 fully saturated rings. The van der Waals surface area contributed by atoms with Gasteiger partial charge in [-0.3, -0.25) is 0 Å². The van der Waals surface area contributed by atoms with Crippen molar-refractivity contribution in [1.82, 2.24) is 0 Å². The highest BCUT2D eigenvalue weighted by Gasteiger charge is 2.16. The van der Waals surface area contributed by atoms with Gasteiger partial charge in [0, 0.05) is 10.0 Å². The topological polar surface area (TPSA) is 44.5 Å². The summed E-state index contributed by atoms with van der Waals surface area (Å²) in [6.45, 7) is 2.73. The van der Waals surface area contributed by atoms with E-state index in [-0.39, 0.29) is 0 Å². The van der Waals surface area contributed by atoms with Gasteiger partial charge in [0.05, 0.1) is 14.2 Å². The van der Waals surface area contributed by atoms with E-state index in [0.29, 0.717) is 6.54 Å². The molecule has 0 saturated carbocycles. The van der Waals surface area contributed by atoms with Crippen LogP contribution in [0.3, 0.4) is 0 Å². The Hall–Kier alpha value is -0.740. The molecule has 0 spiro atoms. The van der Waals surface area contributed by atoms with E-state index in [1.54, 1.807) is 14.2 Å². The molecule has 4 heteroatoms. The largest absolute Gasteiger partial charge is 0.493 e. The average molecular weight is 288 g/mol. The summed E-state index contributed by atoms with van der Waals surface area (Å²) in [6.07, 6.45) is 1.73. The fraction of sp³-hybridized carbons (Fsp3) is 0.500. The highest BCUT2D eigenvalue weighted by Crippen LogP contribution is 2.38. The fourth-order valence-corrected chi connectivity index (χ4v) is 2.51. The molecular weight excluding hydrogens is 270 g/mol. The van der Waals surface area contributed by atoms with Gasteiger partial charge in [0.15, 0.2) is 11.5 Å². The van der Waals surface area contributed by atoms with Crippen molar-refractivity contribution in [2.45, 2.75) is 19.8 Å². The Morgan fingerprint density at radius 1 is 1.25 bits per heavy atom. The third-order valence-corrected chi connectivity index (χ3v) is 3.29. The number of ether oxygens (including phenoxy) is 2. The summed E-state index contributed by atoms with van der Waals surface area (Å²) >= 11 is 3.55. The molecule has 0 aliphatic heterocycles. The Balaban J connectivity index is 3.38. The SMILES string of the molecule is CCc1c(CCN)c(Br)cc(OC)c1OC. The van der Waals surface area contributed by atoms with Gasteiger partial charge >= 0.3 is 0 Å². The second-order valence-corrected chi connectivity index (χ2v) is 4.30. The molecule has 1 aromatic carbocycles. The predicted octanol–water partition coefficient (Wildman–Crippen LogP) is 2.53. The number of benzene rings is 1. The van der Waals surface area contributed by atoms with Crippen LogP contribution in [0, 0.1) is 0 Å². The molecule has 0 unspecified atom stereocenters. The molecule has 0 saturated heterocycles. The Morgan fingerprint density at radius 3 is 2.38 bits per heavy atom. The number of hydrogen-bond donors (Lipinski definition) is 1. The summed E-state index contributed by atoms with van der Waals surface area (Å²) in [4.78, 5) is 0. The molecule has 1 aromatic rings. The van der Waals surface area contributed by atoms with Crippen molar-refractivity contribution in [1.29, 1.82) is 0 Å². The van der Waals surface area contributed by atoms with E-state index in [1.165, 1.54) is 11.1 Å². The molecule has 90 valence electrons. The minimum Gasteiger partial charge on any atom is -0.493 e. The van der Waals surface area contributed by atoms with E-state index < -0.39 is 0 Å². The summed E-state index contributed by atoms with van der Waals surface area (Å²) in [5.74, 6) is 1.57. The van der Waals surface area contributed by atoms with Gasteiger partial charge < -0.3 is 15.2 Å². The number of rotatable bonds is 5. The maximum absolute atomic E-state index is 5.62. The summed E-state index contributed by atoms with van der Waals surface area (Å²) in [5, 5.41) is 0. The molecule has 0 heterocycles. The molecule has 0 bridgehead atoms. The van der Waals surface area contributed by atoms with Crippen molar-refractivity contribution in [2.24, 2.45) is 5.73 Å². The number of nitrogens with two attached hydrogens (primary N) is 1. The van der Waals surface area contributed by atoms with Gasteiger partial charge in [0.25, 0.3) is 0 Å². The van der Waals surface area contributed by atoms with E-state index in [9.17, 15) is 0 Å². The smallest absolute Gasteiger partial charge is 0.164 e. The lowest BCUT2D eigenvalue weighted by molar-refractivity contribution is 0.351. The summed E-state index contributed by atoms with van der Waals surface area (Å²) in [7, 11) is 3.31. The monoisotopic (exact) mass is 287 g/mol. The zero-order chi connectivity index (χ0) is 12.1. The second kappa shape index (κ2) is 6.11. The van der Waals surface area contributed by atoms with Crippen molar-refractivity contribution in [2.75, 3.05) is 20.8 Å². The van der Waals surface area contributed by atoms with Gasteiger partial charge in [-0.15, -0.1) is 0 Å².